The quantitative estimate of drug-likeness (QED) is 0.826. The van der Waals surface area contributed by atoms with E-state index in [1.54, 1.807) is 20.8 Å². The minimum absolute atomic E-state index is 0.118. The van der Waals surface area contributed by atoms with Gasteiger partial charge in [0.15, 0.2) is 0 Å². The second-order valence-electron chi connectivity index (χ2n) is 7.73. The molecule has 1 aromatic rings. The van der Waals surface area contributed by atoms with Crippen LogP contribution in [0.1, 0.15) is 38.3 Å². The van der Waals surface area contributed by atoms with Crippen molar-refractivity contribution in [2.24, 2.45) is 0 Å². The topological polar surface area (TPSA) is 78.9 Å². The second-order valence-corrected chi connectivity index (χ2v) is 7.73. The molecular formula is C18H24N2O4. The molecule has 2 aliphatic heterocycles. The first kappa shape index (κ1) is 16.8. The highest BCUT2D eigenvalue weighted by molar-refractivity contribution is 6.07. The van der Waals surface area contributed by atoms with Gasteiger partial charge in [0.1, 0.15) is 5.60 Å². The molecule has 6 nitrogen and oxygen atoms in total. The number of carbonyl (C=O) groups excluding carboxylic acids is 2. The van der Waals surface area contributed by atoms with Gasteiger partial charge in [-0.1, -0.05) is 17.7 Å². The molecule has 24 heavy (non-hydrogen) atoms. The molecule has 2 heterocycles. The zero-order chi connectivity index (χ0) is 17.7. The Morgan fingerprint density at radius 2 is 2.17 bits per heavy atom. The molecular weight excluding hydrogens is 308 g/mol. The lowest BCUT2D eigenvalue weighted by molar-refractivity contribution is -0.120. The van der Waals surface area contributed by atoms with E-state index in [4.69, 9.17) is 4.74 Å². The van der Waals surface area contributed by atoms with Gasteiger partial charge in [-0.3, -0.25) is 4.79 Å². The lowest BCUT2D eigenvalue weighted by Crippen LogP contribution is -2.43. The summed E-state index contributed by atoms with van der Waals surface area (Å²) < 4.78 is 5.45. The third kappa shape index (κ3) is 2.65. The Morgan fingerprint density at radius 3 is 2.79 bits per heavy atom. The number of nitrogens with one attached hydrogen (secondary N) is 1. The van der Waals surface area contributed by atoms with E-state index in [1.807, 2.05) is 25.1 Å². The maximum Gasteiger partial charge on any atom is 0.410 e. The van der Waals surface area contributed by atoms with E-state index in [1.165, 1.54) is 4.90 Å². The van der Waals surface area contributed by atoms with Gasteiger partial charge in [0.05, 0.1) is 18.1 Å². The van der Waals surface area contributed by atoms with Crippen LogP contribution in [0.3, 0.4) is 0 Å². The van der Waals surface area contributed by atoms with Crippen molar-refractivity contribution in [3.63, 3.8) is 0 Å². The summed E-state index contributed by atoms with van der Waals surface area (Å²) in [5.41, 5.74) is 1.30. The van der Waals surface area contributed by atoms with Gasteiger partial charge >= 0.3 is 6.09 Å². The van der Waals surface area contributed by atoms with Gasteiger partial charge in [0, 0.05) is 12.2 Å². The van der Waals surface area contributed by atoms with E-state index in [9.17, 15) is 14.7 Å². The smallest absolute Gasteiger partial charge is 0.410 e. The summed E-state index contributed by atoms with van der Waals surface area (Å²) in [6, 6.07) is 5.39. The molecule has 2 N–H and O–H groups in total. The molecule has 1 fully saturated rings. The average Bonchev–Trinajstić information content (AvgIpc) is 2.99. The first-order valence-corrected chi connectivity index (χ1v) is 8.19. The van der Waals surface area contributed by atoms with Gasteiger partial charge in [-0.05, 0) is 45.7 Å². The van der Waals surface area contributed by atoms with E-state index < -0.39 is 23.2 Å². The summed E-state index contributed by atoms with van der Waals surface area (Å²) in [7, 11) is 0. The number of nitrogens with zero attached hydrogens (tertiary/aromatic N) is 1. The first-order valence-electron chi connectivity index (χ1n) is 8.19. The predicted octanol–water partition coefficient (Wildman–Crippen LogP) is 2.19. The van der Waals surface area contributed by atoms with Crippen LogP contribution in [0.15, 0.2) is 18.2 Å². The summed E-state index contributed by atoms with van der Waals surface area (Å²) in [5, 5.41) is 12.6. The molecule has 0 saturated carbocycles. The predicted molar refractivity (Wildman–Crippen MR) is 89.9 cm³/mol. The molecule has 1 saturated heterocycles. The molecule has 0 radical (unpaired) electrons. The fourth-order valence-electron chi connectivity index (χ4n) is 3.58. The van der Waals surface area contributed by atoms with E-state index in [2.05, 4.69) is 5.32 Å². The van der Waals surface area contributed by atoms with Crippen LogP contribution in [0, 0.1) is 6.92 Å². The van der Waals surface area contributed by atoms with Crippen molar-refractivity contribution in [3.8, 4) is 0 Å². The van der Waals surface area contributed by atoms with E-state index >= 15 is 0 Å². The number of aliphatic hydroxyl groups excluding tert-OH is 1. The van der Waals surface area contributed by atoms with Crippen molar-refractivity contribution in [2.45, 2.75) is 51.2 Å². The number of anilines is 1. The molecule has 1 aromatic carbocycles. The molecule has 2 amide bonds. The monoisotopic (exact) mass is 332 g/mol. The summed E-state index contributed by atoms with van der Waals surface area (Å²) in [6.45, 7) is 7.38. The van der Waals surface area contributed by atoms with Gasteiger partial charge in [-0.15, -0.1) is 0 Å². The second kappa shape index (κ2) is 5.48. The zero-order valence-corrected chi connectivity index (χ0v) is 14.5. The lowest BCUT2D eigenvalue weighted by atomic mass is 9.79. The van der Waals surface area contributed by atoms with Crippen LogP contribution in [0.25, 0.3) is 0 Å². The first-order chi connectivity index (χ1) is 11.2. The number of hydrogen-bond donors (Lipinski definition) is 2. The normalized spacial score (nSPS) is 25.8. The van der Waals surface area contributed by atoms with Crippen molar-refractivity contribution >= 4 is 17.7 Å². The van der Waals surface area contributed by atoms with Crippen molar-refractivity contribution in [1.29, 1.82) is 0 Å². The van der Waals surface area contributed by atoms with Gasteiger partial charge in [-0.2, -0.15) is 0 Å². The minimum atomic E-state index is -0.814. The zero-order valence-electron chi connectivity index (χ0n) is 14.5. The Kier molecular flexibility index (Phi) is 3.83. The summed E-state index contributed by atoms with van der Waals surface area (Å²) in [4.78, 5) is 26.7. The number of amides is 2. The number of hydrogen-bond acceptors (Lipinski definition) is 4. The SMILES string of the molecule is Cc1ccc2c(c1)[C@@]1(C[C@@H](CO)N(C(=O)OC(C)(C)C)C1)C(=O)N2. The molecule has 1 spiro atoms. The maximum absolute atomic E-state index is 12.7. The van der Waals surface area contributed by atoms with E-state index in [-0.39, 0.29) is 19.1 Å². The average molecular weight is 332 g/mol. The molecule has 2 atom stereocenters. The molecule has 3 rings (SSSR count). The fourth-order valence-corrected chi connectivity index (χ4v) is 3.58. The Labute approximate surface area is 141 Å². The van der Waals surface area contributed by atoms with Gasteiger partial charge in [0.25, 0.3) is 0 Å². The standard InChI is InChI=1S/C18H24N2O4/c1-11-5-6-14-13(7-11)18(15(22)19-14)8-12(9-21)20(10-18)16(23)24-17(2,3)4/h5-7,12,21H,8-10H2,1-4H3,(H,19,22)/t12-,18-/m0/s1. The van der Waals surface area contributed by atoms with E-state index in [0.717, 1.165) is 16.8 Å². The van der Waals surface area contributed by atoms with Crippen LogP contribution in [0.4, 0.5) is 10.5 Å². The maximum atomic E-state index is 12.7. The highest BCUT2D eigenvalue weighted by Gasteiger charge is 2.56. The highest BCUT2D eigenvalue weighted by Crippen LogP contribution is 2.46. The molecule has 0 unspecified atom stereocenters. The number of ether oxygens (including phenoxy) is 1. The Hall–Kier alpha value is -2.08. The van der Waals surface area contributed by atoms with E-state index in [0.29, 0.717) is 6.42 Å². The number of fused-ring (bicyclic) bond motifs is 2. The molecule has 0 bridgehead atoms. The number of rotatable bonds is 1. The third-order valence-corrected chi connectivity index (χ3v) is 4.68. The summed E-state index contributed by atoms with van der Waals surface area (Å²) in [6.07, 6.45) is -0.0993. The van der Waals surface area contributed by atoms with Crippen molar-refractivity contribution < 1.29 is 19.4 Å². The lowest BCUT2D eigenvalue weighted by Gasteiger charge is -2.28. The molecule has 2 aliphatic rings. The van der Waals surface area contributed by atoms with Crippen LogP contribution in [-0.2, 0) is 14.9 Å². The minimum Gasteiger partial charge on any atom is -0.444 e. The van der Waals surface area contributed by atoms with Gasteiger partial charge < -0.3 is 20.1 Å². The van der Waals surface area contributed by atoms with Crippen molar-refractivity contribution in [1.82, 2.24) is 4.90 Å². The molecule has 0 aromatic heterocycles. The number of carbonyl (C=O) groups is 2. The third-order valence-electron chi connectivity index (χ3n) is 4.68. The number of benzene rings is 1. The van der Waals surface area contributed by atoms with Crippen LogP contribution in [0.2, 0.25) is 0 Å². The van der Waals surface area contributed by atoms with Crippen LogP contribution in [-0.4, -0.2) is 46.8 Å². The van der Waals surface area contributed by atoms with Crippen molar-refractivity contribution in [2.75, 3.05) is 18.5 Å². The Bertz CT molecular complexity index is 695. The largest absolute Gasteiger partial charge is 0.444 e. The number of likely N-dealkylation sites (tertiary alicyclic amines) is 1. The van der Waals surface area contributed by atoms with Crippen LogP contribution in [0.5, 0.6) is 0 Å². The fraction of sp³-hybridized carbons (Fsp3) is 0.556. The number of aliphatic hydroxyl groups is 1. The van der Waals surface area contributed by atoms with Crippen molar-refractivity contribution in [3.05, 3.63) is 29.3 Å². The number of aryl methyl sites for hydroxylation is 1. The van der Waals surface area contributed by atoms with Crippen LogP contribution < -0.4 is 5.32 Å². The molecule has 6 heteroatoms. The Balaban J connectivity index is 1.96. The molecule has 0 aliphatic carbocycles. The van der Waals surface area contributed by atoms with Crippen LogP contribution >= 0.6 is 0 Å². The summed E-state index contributed by atoms with van der Waals surface area (Å²) >= 11 is 0. The molecule has 130 valence electrons. The van der Waals surface area contributed by atoms with Gasteiger partial charge in [0.2, 0.25) is 5.91 Å². The summed E-state index contributed by atoms with van der Waals surface area (Å²) in [5.74, 6) is -0.118. The Morgan fingerprint density at radius 1 is 1.46 bits per heavy atom. The van der Waals surface area contributed by atoms with Gasteiger partial charge in [-0.25, -0.2) is 4.79 Å². The highest BCUT2D eigenvalue weighted by atomic mass is 16.6.